The highest BCUT2D eigenvalue weighted by atomic mass is 79.9. The maximum absolute atomic E-state index is 5.10. The molecule has 2 heterocycles. The smallest absolute Gasteiger partial charge is 0.212 e. The third-order valence-corrected chi connectivity index (χ3v) is 4.15. The van der Waals surface area contributed by atoms with E-state index in [2.05, 4.69) is 43.4 Å². The average Bonchev–Trinajstić information content (AvgIpc) is 2.83. The summed E-state index contributed by atoms with van der Waals surface area (Å²) >= 11 is 5.07. The molecule has 0 radical (unpaired) electrons. The third kappa shape index (κ3) is 2.58. The van der Waals surface area contributed by atoms with Gasteiger partial charge in [-0.2, -0.15) is 9.78 Å². The number of ether oxygens (including phenoxy) is 1. The highest BCUT2D eigenvalue weighted by molar-refractivity contribution is 9.10. The van der Waals surface area contributed by atoms with Crippen molar-refractivity contribution in [3.05, 3.63) is 40.1 Å². The molecule has 1 aliphatic heterocycles. The van der Waals surface area contributed by atoms with Gasteiger partial charge in [0.15, 0.2) is 5.82 Å². The highest BCUT2D eigenvalue weighted by Gasteiger charge is 2.19. The van der Waals surface area contributed by atoms with Gasteiger partial charge < -0.3 is 4.74 Å². The third-order valence-electron chi connectivity index (χ3n) is 2.69. The van der Waals surface area contributed by atoms with Gasteiger partial charge in [-0.05, 0) is 17.7 Å². The molecule has 1 aromatic carbocycles. The molecule has 1 aliphatic rings. The van der Waals surface area contributed by atoms with Gasteiger partial charge in [0.25, 0.3) is 0 Å². The van der Waals surface area contributed by atoms with Crippen molar-refractivity contribution in [1.82, 2.24) is 14.9 Å². The van der Waals surface area contributed by atoms with E-state index in [-0.39, 0.29) is 0 Å². The van der Waals surface area contributed by atoms with Crippen LogP contribution in [0.2, 0.25) is 0 Å². The standard InChI is InChI=1S/C12H11BrN4OS/c1-18-6-11-14-15-12-17(11)16-10(7-19-12)8-2-4-9(13)5-3-8/h2-5H,6-7H2,1H3. The molecule has 0 bridgehead atoms. The number of hydrogen-bond donors (Lipinski definition) is 0. The van der Waals surface area contributed by atoms with E-state index in [1.54, 1.807) is 23.5 Å². The Balaban J connectivity index is 1.98. The predicted molar refractivity (Wildman–Crippen MR) is 77.5 cm³/mol. The van der Waals surface area contributed by atoms with Gasteiger partial charge in [0.1, 0.15) is 6.61 Å². The van der Waals surface area contributed by atoms with Crippen molar-refractivity contribution in [2.45, 2.75) is 11.8 Å². The lowest BCUT2D eigenvalue weighted by molar-refractivity contribution is 0.174. The second-order valence-electron chi connectivity index (χ2n) is 3.99. The Hall–Kier alpha value is -1.18. The largest absolute Gasteiger partial charge is 0.377 e. The second-order valence-corrected chi connectivity index (χ2v) is 5.84. The zero-order valence-corrected chi connectivity index (χ0v) is 12.6. The minimum atomic E-state index is 0.407. The molecule has 0 atom stereocenters. The fourth-order valence-electron chi connectivity index (χ4n) is 1.77. The molecule has 0 saturated carbocycles. The molecular weight excluding hydrogens is 328 g/mol. The fraction of sp³-hybridized carbons (Fsp3) is 0.250. The van der Waals surface area contributed by atoms with Crippen LogP contribution in [0.15, 0.2) is 39.0 Å². The topological polar surface area (TPSA) is 52.3 Å². The molecule has 0 aliphatic carbocycles. The first-order valence-electron chi connectivity index (χ1n) is 5.68. The molecule has 0 saturated heterocycles. The minimum absolute atomic E-state index is 0.407. The lowest BCUT2D eigenvalue weighted by atomic mass is 10.1. The van der Waals surface area contributed by atoms with Crippen molar-refractivity contribution < 1.29 is 4.74 Å². The number of hydrogen-bond acceptors (Lipinski definition) is 5. The quantitative estimate of drug-likeness (QED) is 0.862. The summed E-state index contributed by atoms with van der Waals surface area (Å²) in [6.45, 7) is 0.407. The first-order valence-corrected chi connectivity index (χ1v) is 7.45. The second kappa shape index (κ2) is 5.44. The van der Waals surface area contributed by atoms with E-state index >= 15 is 0 Å². The Morgan fingerprint density at radius 1 is 1.32 bits per heavy atom. The molecule has 98 valence electrons. The molecule has 5 nitrogen and oxygen atoms in total. The van der Waals surface area contributed by atoms with Gasteiger partial charge in [-0.3, -0.25) is 0 Å². The van der Waals surface area contributed by atoms with Gasteiger partial charge in [-0.15, -0.1) is 10.2 Å². The Morgan fingerprint density at radius 3 is 2.84 bits per heavy atom. The Morgan fingerprint density at radius 2 is 2.11 bits per heavy atom. The zero-order chi connectivity index (χ0) is 13.2. The number of thioether (sulfide) groups is 1. The number of fused-ring (bicyclic) bond motifs is 1. The summed E-state index contributed by atoms with van der Waals surface area (Å²) in [5, 5.41) is 13.6. The minimum Gasteiger partial charge on any atom is -0.377 e. The maximum atomic E-state index is 5.10. The van der Waals surface area contributed by atoms with E-state index < -0.39 is 0 Å². The highest BCUT2D eigenvalue weighted by Crippen LogP contribution is 2.24. The monoisotopic (exact) mass is 338 g/mol. The summed E-state index contributed by atoms with van der Waals surface area (Å²) in [4.78, 5) is 0. The van der Waals surface area contributed by atoms with Crippen molar-refractivity contribution >= 4 is 33.4 Å². The predicted octanol–water partition coefficient (Wildman–Crippen LogP) is 2.55. The molecular formula is C12H11BrN4OS. The van der Waals surface area contributed by atoms with Gasteiger partial charge in [0.2, 0.25) is 5.16 Å². The molecule has 3 rings (SSSR count). The van der Waals surface area contributed by atoms with E-state index in [1.165, 1.54) is 0 Å². The number of methoxy groups -OCH3 is 1. The van der Waals surface area contributed by atoms with Gasteiger partial charge in [0.05, 0.1) is 5.71 Å². The van der Waals surface area contributed by atoms with Crippen molar-refractivity contribution in [3.63, 3.8) is 0 Å². The zero-order valence-electron chi connectivity index (χ0n) is 10.2. The Kier molecular flexibility index (Phi) is 3.67. The van der Waals surface area contributed by atoms with Crippen LogP contribution in [0.5, 0.6) is 0 Å². The number of benzene rings is 1. The Labute approximate surface area is 123 Å². The summed E-state index contributed by atoms with van der Waals surface area (Å²) in [6, 6.07) is 8.13. The van der Waals surface area contributed by atoms with Crippen LogP contribution in [-0.2, 0) is 11.3 Å². The summed E-state index contributed by atoms with van der Waals surface area (Å²) in [5.41, 5.74) is 2.13. The van der Waals surface area contributed by atoms with Gasteiger partial charge in [-0.25, -0.2) is 0 Å². The van der Waals surface area contributed by atoms with E-state index in [4.69, 9.17) is 4.74 Å². The summed E-state index contributed by atoms with van der Waals surface area (Å²) in [7, 11) is 1.64. The molecule has 7 heteroatoms. The van der Waals surface area contributed by atoms with E-state index in [0.29, 0.717) is 6.61 Å². The average molecular weight is 339 g/mol. The normalized spacial score (nSPS) is 14.1. The van der Waals surface area contributed by atoms with Crippen LogP contribution in [-0.4, -0.2) is 33.4 Å². The summed E-state index contributed by atoms with van der Waals surface area (Å²) in [6.07, 6.45) is 0. The molecule has 0 unspecified atom stereocenters. The number of rotatable bonds is 3. The van der Waals surface area contributed by atoms with Crippen LogP contribution >= 0.6 is 27.7 Å². The van der Waals surface area contributed by atoms with Crippen molar-refractivity contribution in [3.8, 4) is 0 Å². The first kappa shape index (κ1) is 12.8. The SMILES string of the molecule is COCc1nnc2n1N=C(c1ccc(Br)cc1)CS2. The van der Waals surface area contributed by atoms with E-state index in [9.17, 15) is 0 Å². The van der Waals surface area contributed by atoms with Gasteiger partial charge in [0, 0.05) is 17.3 Å². The molecule has 0 amide bonds. The summed E-state index contributed by atoms with van der Waals surface area (Å²) in [5.74, 6) is 1.52. The van der Waals surface area contributed by atoms with Crippen LogP contribution < -0.4 is 0 Å². The van der Waals surface area contributed by atoms with Gasteiger partial charge in [-0.1, -0.05) is 39.8 Å². The van der Waals surface area contributed by atoms with Crippen molar-refractivity contribution in [2.75, 3.05) is 12.9 Å². The summed E-state index contributed by atoms with van der Waals surface area (Å²) < 4.78 is 7.92. The Bertz CT molecular complexity index is 623. The molecule has 1 aromatic heterocycles. The number of halogens is 1. The van der Waals surface area contributed by atoms with Crippen LogP contribution in [0.4, 0.5) is 0 Å². The fourth-order valence-corrected chi connectivity index (χ4v) is 2.89. The lowest BCUT2D eigenvalue weighted by Crippen LogP contribution is -2.14. The lowest BCUT2D eigenvalue weighted by Gasteiger charge is -2.13. The van der Waals surface area contributed by atoms with Crippen LogP contribution in [0.1, 0.15) is 11.4 Å². The number of nitrogens with zero attached hydrogens (tertiary/aromatic N) is 4. The van der Waals surface area contributed by atoms with Crippen LogP contribution in [0.25, 0.3) is 0 Å². The molecule has 0 N–H and O–H groups in total. The first-order chi connectivity index (χ1) is 9.28. The number of aromatic nitrogens is 3. The molecule has 0 spiro atoms. The molecule has 2 aromatic rings. The maximum Gasteiger partial charge on any atom is 0.212 e. The van der Waals surface area contributed by atoms with Crippen molar-refractivity contribution in [1.29, 1.82) is 0 Å². The van der Waals surface area contributed by atoms with Crippen molar-refractivity contribution in [2.24, 2.45) is 5.10 Å². The van der Waals surface area contributed by atoms with Gasteiger partial charge >= 0.3 is 0 Å². The molecule has 0 fully saturated rings. The van der Waals surface area contributed by atoms with E-state index in [1.807, 2.05) is 12.1 Å². The van der Waals surface area contributed by atoms with E-state index in [0.717, 1.165) is 32.5 Å². The van der Waals surface area contributed by atoms with Crippen LogP contribution in [0.3, 0.4) is 0 Å². The van der Waals surface area contributed by atoms with Crippen LogP contribution in [0, 0.1) is 0 Å². The molecule has 19 heavy (non-hydrogen) atoms.